The van der Waals surface area contributed by atoms with E-state index < -0.39 is 0 Å². The average Bonchev–Trinajstić information content (AvgIpc) is 2.17. The molecule has 0 aromatic carbocycles. The molecule has 4 nitrogen and oxygen atoms in total. The van der Waals surface area contributed by atoms with Crippen molar-refractivity contribution >= 4 is 18.4 Å². The van der Waals surface area contributed by atoms with E-state index in [0.29, 0.717) is 17.8 Å². The lowest BCUT2D eigenvalue weighted by Gasteiger charge is -1.99. The molecule has 0 fully saturated rings. The number of carbonyl (C=O) groups excluding carboxylic acids is 1. The van der Waals surface area contributed by atoms with Crippen LogP contribution in [-0.2, 0) is 11.3 Å². The Kier molecular flexibility index (Phi) is 5.03. The molecule has 2 N–H and O–H groups in total. The number of pyridine rings is 1. The highest BCUT2D eigenvalue weighted by Crippen LogP contribution is 2.02. The summed E-state index contributed by atoms with van der Waals surface area (Å²) in [6.45, 7) is 0.324. The third-order valence-corrected chi connectivity index (χ3v) is 1.45. The molecule has 1 heterocycles. The summed E-state index contributed by atoms with van der Waals surface area (Å²) in [5.74, 6) is -0.368. The molecular weight excluding hydrogens is 192 g/mol. The van der Waals surface area contributed by atoms with Gasteiger partial charge in [-0.15, -0.1) is 12.4 Å². The number of nitrogens with zero attached hydrogens (tertiary/aromatic N) is 1. The monoisotopic (exact) mass is 202 g/mol. The highest BCUT2D eigenvalue weighted by molar-refractivity contribution is 5.89. The number of methoxy groups -OCH3 is 1. The number of nitrogens with two attached hydrogens (primary N) is 1. The van der Waals surface area contributed by atoms with Crippen molar-refractivity contribution in [1.82, 2.24) is 4.98 Å². The van der Waals surface area contributed by atoms with Gasteiger partial charge in [-0.2, -0.15) is 0 Å². The van der Waals surface area contributed by atoms with E-state index in [9.17, 15) is 4.79 Å². The van der Waals surface area contributed by atoms with Gasteiger partial charge in [0, 0.05) is 12.7 Å². The van der Waals surface area contributed by atoms with E-state index in [1.165, 1.54) is 13.3 Å². The van der Waals surface area contributed by atoms with Gasteiger partial charge in [-0.3, -0.25) is 4.98 Å². The Hall–Kier alpha value is -1.13. The molecule has 0 aliphatic carbocycles. The van der Waals surface area contributed by atoms with Crippen LogP contribution < -0.4 is 5.73 Å². The number of hydrogen-bond donors (Lipinski definition) is 1. The summed E-state index contributed by atoms with van der Waals surface area (Å²) in [4.78, 5) is 14.9. The van der Waals surface area contributed by atoms with Crippen molar-refractivity contribution in [3.63, 3.8) is 0 Å². The van der Waals surface area contributed by atoms with Gasteiger partial charge < -0.3 is 10.5 Å². The van der Waals surface area contributed by atoms with E-state index in [1.807, 2.05) is 0 Å². The Morgan fingerprint density at radius 3 is 2.92 bits per heavy atom. The molecule has 5 heteroatoms. The van der Waals surface area contributed by atoms with Gasteiger partial charge in [-0.1, -0.05) is 0 Å². The fraction of sp³-hybridized carbons (Fsp3) is 0.250. The van der Waals surface area contributed by atoms with Crippen LogP contribution >= 0.6 is 12.4 Å². The maximum Gasteiger partial charge on any atom is 0.337 e. The topological polar surface area (TPSA) is 65.2 Å². The number of rotatable bonds is 2. The standard InChI is InChI=1S/C8H10N2O2.ClH/c1-12-8(11)6-2-3-10-7(4-6)5-9;/h2-4H,5,9H2,1H3;1H. The SMILES string of the molecule is COC(=O)c1ccnc(CN)c1.Cl. The molecule has 72 valence electrons. The number of halogens is 1. The Morgan fingerprint density at radius 1 is 1.69 bits per heavy atom. The van der Waals surface area contributed by atoms with Crippen LogP contribution in [0.1, 0.15) is 16.1 Å². The van der Waals surface area contributed by atoms with E-state index in [1.54, 1.807) is 12.1 Å². The first kappa shape index (κ1) is 11.9. The molecule has 0 bridgehead atoms. The number of aromatic nitrogens is 1. The second-order valence-electron chi connectivity index (χ2n) is 2.23. The average molecular weight is 203 g/mol. The summed E-state index contributed by atoms with van der Waals surface area (Å²) in [7, 11) is 1.34. The van der Waals surface area contributed by atoms with Crippen LogP contribution in [-0.4, -0.2) is 18.1 Å². The fourth-order valence-corrected chi connectivity index (χ4v) is 0.835. The summed E-state index contributed by atoms with van der Waals surface area (Å²) in [6, 6.07) is 3.21. The fourth-order valence-electron chi connectivity index (χ4n) is 0.835. The van der Waals surface area contributed by atoms with Crippen molar-refractivity contribution in [1.29, 1.82) is 0 Å². The minimum Gasteiger partial charge on any atom is -0.465 e. The highest BCUT2D eigenvalue weighted by atomic mass is 35.5. The van der Waals surface area contributed by atoms with Crippen LogP contribution in [0.3, 0.4) is 0 Å². The molecule has 0 saturated carbocycles. The third-order valence-electron chi connectivity index (χ3n) is 1.45. The zero-order chi connectivity index (χ0) is 8.97. The van der Waals surface area contributed by atoms with Gasteiger partial charge in [0.05, 0.1) is 18.4 Å². The molecule has 0 amide bonds. The quantitative estimate of drug-likeness (QED) is 0.719. The molecule has 1 aromatic rings. The van der Waals surface area contributed by atoms with Gasteiger partial charge >= 0.3 is 5.97 Å². The Balaban J connectivity index is 0.00000144. The molecule has 1 aromatic heterocycles. The van der Waals surface area contributed by atoms with Gasteiger partial charge in [0.15, 0.2) is 0 Å². The van der Waals surface area contributed by atoms with Crippen molar-refractivity contribution < 1.29 is 9.53 Å². The first-order valence-electron chi connectivity index (χ1n) is 3.51. The second-order valence-corrected chi connectivity index (χ2v) is 2.23. The molecular formula is C8H11ClN2O2. The van der Waals surface area contributed by atoms with Gasteiger partial charge in [0.2, 0.25) is 0 Å². The van der Waals surface area contributed by atoms with E-state index in [0.717, 1.165) is 0 Å². The first-order valence-corrected chi connectivity index (χ1v) is 3.51. The van der Waals surface area contributed by atoms with Crippen molar-refractivity contribution in [2.24, 2.45) is 5.73 Å². The highest BCUT2D eigenvalue weighted by Gasteiger charge is 2.04. The minimum absolute atomic E-state index is 0. The lowest BCUT2D eigenvalue weighted by atomic mass is 10.2. The Morgan fingerprint density at radius 2 is 2.38 bits per heavy atom. The maximum atomic E-state index is 11.0. The molecule has 0 atom stereocenters. The van der Waals surface area contributed by atoms with Crippen LogP contribution in [0.4, 0.5) is 0 Å². The molecule has 1 rings (SSSR count). The van der Waals surface area contributed by atoms with E-state index in [2.05, 4.69) is 9.72 Å². The largest absolute Gasteiger partial charge is 0.465 e. The number of carbonyl (C=O) groups is 1. The van der Waals surface area contributed by atoms with Crippen molar-refractivity contribution in [3.05, 3.63) is 29.6 Å². The molecule has 0 aliphatic heterocycles. The van der Waals surface area contributed by atoms with Gasteiger partial charge in [0.25, 0.3) is 0 Å². The van der Waals surface area contributed by atoms with Gasteiger partial charge in [-0.05, 0) is 12.1 Å². The molecule has 13 heavy (non-hydrogen) atoms. The van der Waals surface area contributed by atoms with Crippen molar-refractivity contribution in [2.45, 2.75) is 6.54 Å². The third kappa shape index (κ3) is 3.01. The molecule has 0 radical (unpaired) electrons. The minimum atomic E-state index is -0.368. The molecule has 0 spiro atoms. The van der Waals surface area contributed by atoms with E-state index in [4.69, 9.17) is 5.73 Å². The second kappa shape index (κ2) is 5.50. The van der Waals surface area contributed by atoms with E-state index in [-0.39, 0.29) is 18.4 Å². The van der Waals surface area contributed by atoms with Crippen LogP contribution in [0, 0.1) is 0 Å². The number of esters is 1. The van der Waals surface area contributed by atoms with Crippen LogP contribution in [0.25, 0.3) is 0 Å². The van der Waals surface area contributed by atoms with Gasteiger partial charge in [0.1, 0.15) is 0 Å². The summed E-state index contributed by atoms with van der Waals surface area (Å²) in [5, 5.41) is 0. The summed E-state index contributed by atoms with van der Waals surface area (Å²) >= 11 is 0. The number of hydrogen-bond acceptors (Lipinski definition) is 4. The van der Waals surface area contributed by atoms with Crippen LogP contribution in [0.15, 0.2) is 18.3 Å². The maximum absolute atomic E-state index is 11.0. The van der Waals surface area contributed by atoms with Gasteiger partial charge in [-0.25, -0.2) is 4.79 Å². The zero-order valence-electron chi connectivity index (χ0n) is 7.19. The normalized spacial score (nSPS) is 8.77. The first-order chi connectivity index (χ1) is 5.77. The summed E-state index contributed by atoms with van der Waals surface area (Å²) in [5.41, 5.74) is 6.50. The van der Waals surface area contributed by atoms with Crippen LogP contribution in [0.2, 0.25) is 0 Å². The predicted molar refractivity (Wildman–Crippen MR) is 50.7 cm³/mol. The Labute approximate surface area is 82.5 Å². The lowest BCUT2D eigenvalue weighted by molar-refractivity contribution is 0.0600. The number of ether oxygens (including phenoxy) is 1. The van der Waals surface area contributed by atoms with Crippen molar-refractivity contribution in [2.75, 3.05) is 7.11 Å². The molecule has 0 aliphatic rings. The molecule has 0 unspecified atom stereocenters. The zero-order valence-corrected chi connectivity index (χ0v) is 8.00. The summed E-state index contributed by atoms with van der Waals surface area (Å²) < 4.78 is 4.53. The summed E-state index contributed by atoms with van der Waals surface area (Å²) in [6.07, 6.45) is 1.54. The lowest BCUT2D eigenvalue weighted by Crippen LogP contribution is -2.05. The molecule has 0 saturated heterocycles. The van der Waals surface area contributed by atoms with Crippen molar-refractivity contribution in [3.8, 4) is 0 Å². The predicted octanol–water partition coefficient (Wildman–Crippen LogP) is 0.749. The smallest absolute Gasteiger partial charge is 0.337 e. The van der Waals surface area contributed by atoms with Crippen LogP contribution in [0.5, 0.6) is 0 Å². The van der Waals surface area contributed by atoms with E-state index >= 15 is 0 Å². The Bertz CT molecular complexity index is 291.